The number of rotatable bonds is 7. The maximum atomic E-state index is 13.0. The highest BCUT2D eigenvalue weighted by Crippen LogP contribution is 2.27. The number of aliphatic hydroxyl groups excluding tert-OH is 2. The second-order valence-electron chi connectivity index (χ2n) is 5.99. The Morgan fingerprint density at radius 2 is 1.67 bits per heavy atom. The van der Waals surface area contributed by atoms with Gasteiger partial charge in [-0.15, -0.1) is 0 Å². The van der Waals surface area contributed by atoms with Crippen LogP contribution in [0.3, 0.4) is 0 Å². The van der Waals surface area contributed by atoms with Gasteiger partial charge in [-0.25, -0.2) is 4.31 Å². The quantitative estimate of drug-likeness (QED) is 0.275. The number of nitrogens with zero attached hydrogens (tertiary/aromatic N) is 3. The van der Waals surface area contributed by atoms with Gasteiger partial charge in [-0.3, -0.25) is 14.9 Å². The third kappa shape index (κ3) is 3.81. The van der Waals surface area contributed by atoms with Gasteiger partial charge in [0.15, 0.2) is 5.43 Å². The lowest BCUT2D eigenvalue weighted by Crippen LogP contribution is -2.23. The Kier molecular flexibility index (Phi) is 5.76. The number of hydrogen-bond acceptors (Lipinski definition) is 7. The Hall–Kier alpha value is -2.46. The van der Waals surface area contributed by atoms with Gasteiger partial charge >= 0.3 is 0 Å². The van der Waals surface area contributed by atoms with Gasteiger partial charge in [0.05, 0.1) is 34.6 Å². The van der Waals surface area contributed by atoms with Gasteiger partial charge < -0.3 is 14.8 Å². The zero-order valence-corrected chi connectivity index (χ0v) is 15.5. The van der Waals surface area contributed by atoms with Crippen LogP contribution in [0, 0.1) is 10.1 Å². The lowest BCUT2D eigenvalue weighted by atomic mass is 10.1. The fourth-order valence-corrected chi connectivity index (χ4v) is 3.95. The van der Waals surface area contributed by atoms with E-state index in [1.807, 2.05) is 23.7 Å². The molecule has 0 bridgehead atoms. The summed E-state index contributed by atoms with van der Waals surface area (Å²) in [6.45, 7) is 0.670. The molecule has 0 saturated heterocycles. The van der Waals surface area contributed by atoms with Crippen LogP contribution in [-0.4, -0.2) is 50.3 Å². The number of nitro benzene ring substituents is 1. The van der Waals surface area contributed by atoms with Gasteiger partial charge in [-0.1, -0.05) is 0 Å². The van der Waals surface area contributed by atoms with Crippen LogP contribution in [0.2, 0.25) is 0 Å². The van der Waals surface area contributed by atoms with Gasteiger partial charge in [0.2, 0.25) is 0 Å². The van der Waals surface area contributed by atoms with E-state index in [1.54, 1.807) is 16.4 Å². The largest absolute Gasteiger partial charge is 0.395 e. The number of benzene rings is 2. The summed E-state index contributed by atoms with van der Waals surface area (Å²) in [6.07, 6.45) is 0. The minimum absolute atomic E-state index is 0.0450. The summed E-state index contributed by atoms with van der Waals surface area (Å²) in [7, 11) is 1.81. The lowest BCUT2D eigenvalue weighted by molar-refractivity contribution is -0.384. The predicted octanol–water partition coefficient (Wildman–Crippen LogP) is 1.89. The molecule has 3 rings (SSSR count). The average molecular weight is 389 g/mol. The van der Waals surface area contributed by atoms with Gasteiger partial charge in [0.25, 0.3) is 5.69 Å². The zero-order valence-electron chi connectivity index (χ0n) is 14.7. The molecule has 2 N–H and O–H groups in total. The van der Waals surface area contributed by atoms with E-state index >= 15 is 0 Å². The van der Waals surface area contributed by atoms with Crippen molar-refractivity contribution in [2.45, 2.75) is 4.90 Å². The van der Waals surface area contributed by atoms with Crippen molar-refractivity contribution in [3.05, 3.63) is 56.7 Å². The van der Waals surface area contributed by atoms with E-state index < -0.39 is 4.92 Å². The first-order valence-corrected chi connectivity index (χ1v) is 9.09. The normalized spacial score (nSPS) is 11.6. The first-order valence-electron chi connectivity index (χ1n) is 8.31. The SMILES string of the molecule is Cn1c2ccc(SN(CCO)CCO)cc2c(=O)c2cc([N+](=O)[O-])ccc21. The van der Waals surface area contributed by atoms with Crippen LogP contribution in [0.1, 0.15) is 0 Å². The number of nitro groups is 1. The van der Waals surface area contributed by atoms with Crippen molar-refractivity contribution in [2.75, 3.05) is 26.3 Å². The Morgan fingerprint density at radius 1 is 1.07 bits per heavy atom. The molecule has 0 aliphatic carbocycles. The molecule has 0 aliphatic heterocycles. The molecule has 27 heavy (non-hydrogen) atoms. The molecule has 0 radical (unpaired) electrons. The topological polar surface area (TPSA) is 109 Å². The zero-order chi connectivity index (χ0) is 19.6. The number of aryl methyl sites for hydroxylation is 1. The fraction of sp³-hybridized carbons (Fsp3) is 0.278. The van der Waals surface area contributed by atoms with Crippen molar-refractivity contribution in [1.29, 1.82) is 0 Å². The van der Waals surface area contributed by atoms with Crippen LogP contribution in [-0.2, 0) is 7.05 Å². The summed E-state index contributed by atoms with van der Waals surface area (Å²) < 4.78 is 3.64. The molecule has 8 nitrogen and oxygen atoms in total. The summed E-state index contributed by atoms with van der Waals surface area (Å²) in [5, 5.41) is 30.1. The van der Waals surface area contributed by atoms with Crippen LogP contribution < -0.4 is 5.43 Å². The fourth-order valence-electron chi connectivity index (χ4n) is 3.01. The molecule has 0 amide bonds. The number of aliphatic hydroxyl groups is 2. The molecule has 0 unspecified atom stereocenters. The predicted molar refractivity (Wildman–Crippen MR) is 105 cm³/mol. The molecule has 1 heterocycles. The molecule has 0 fully saturated rings. The van der Waals surface area contributed by atoms with Crippen molar-refractivity contribution in [3.8, 4) is 0 Å². The summed E-state index contributed by atoms with van der Waals surface area (Å²) >= 11 is 1.34. The standard InChI is InChI=1S/C18H19N3O5S/c1-19-16-4-2-12(21(25)26)10-14(16)18(24)15-11-13(3-5-17(15)19)27-20(6-8-22)7-9-23/h2-5,10-11,22-23H,6-9H2,1H3. The Bertz CT molecular complexity index is 1060. The second kappa shape index (κ2) is 8.05. The summed E-state index contributed by atoms with van der Waals surface area (Å²) in [5.74, 6) is 0. The Balaban J connectivity index is 2.14. The third-order valence-corrected chi connectivity index (χ3v) is 5.39. The van der Waals surface area contributed by atoms with Crippen molar-refractivity contribution in [3.63, 3.8) is 0 Å². The molecule has 0 spiro atoms. The van der Waals surface area contributed by atoms with Crippen molar-refractivity contribution in [1.82, 2.24) is 8.87 Å². The van der Waals surface area contributed by atoms with Gasteiger partial charge in [-0.05, 0) is 36.2 Å². The monoisotopic (exact) mass is 389 g/mol. The summed E-state index contributed by atoms with van der Waals surface area (Å²) in [6, 6.07) is 9.71. The Morgan fingerprint density at radius 3 is 2.26 bits per heavy atom. The number of non-ortho nitro benzene ring substituents is 1. The average Bonchev–Trinajstić information content (AvgIpc) is 2.66. The minimum Gasteiger partial charge on any atom is -0.395 e. The van der Waals surface area contributed by atoms with E-state index in [0.29, 0.717) is 29.4 Å². The molecule has 0 aliphatic rings. The number of fused-ring (bicyclic) bond motifs is 2. The molecule has 0 saturated carbocycles. The van der Waals surface area contributed by atoms with E-state index in [9.17, 15) is 14.9 Å². The summed E-state index contributed by atoms with van der Waals surface area (Å²) in [5.41, 5.74) is 0.962. The van der Waals surface area contributed by atoms with Crippen LogP contribution in [0.4, 0.5) is 5.69 Å². The molecule has 2 aromatic carbocycles. The number of aromatic nitrogens is 1. The minimum atomic E-state index is -0.517. The Labute approximate surface area is 158 Å². The number of pyridine rings is 1. The molecule has 1 aromatic heterocycles. The highest BCUT2D eigenvalue weighted by atomic mass is 32.2. The van der Waals surface area contributed by atoms with Crippen LogP contribution >= 0.6 is 11.9 Å². The third-order valence-electron chi connectivity index (χ3n) is 4.30. The van der Waals surface area contributed by atoms with E-state index in [-0.39, 0.29) is 24.3 Å². The van der Waals surface area contributed by atoms with Crippen molar-refractivity contribution >= 4 is 39.4 Å². The van der Waals surface area contributed by atoms with Crippen LogP contribution in [0.25, 0.3) is 21.8 Å². The molecular weight excluding hydrogens is 370 g/mol. The summed E-state index contributed by atoms with van der Waals surface area (Å²) in [4.78, 5) is 24.3. The first kappa shape index (κ1) is 19.3. The maximum absolute atomic E-state index is 13.0. The van der Waals surface area contributed by atoms with Gasteiger partial charge in [-0.2, -0.15) is 0 Å². The van der Waals surface area contributed by atoms with E-state index in [2.05, 4.69) is 0 Å². The van der Waals surface area contributed by atoms with E-state index in [1.165, 1.54) is 24.1 Å². The molecule has 142 valence electrons. The lowest BCUT2D eigenvalue weighted by Gasteiger charge is -2.19. The van der Waals surface area contributed by atoms with Crippen molar-refractivity contribution in [2.24, 2.45) is 7.05 Å². The van der Waals surface area contributed by atoms with Crippen molar-refractivity contribution < 1.29 is 15.1 Å². The van der Waals surface area contributed by atoms with Gasteiger partial charge in [0.1, 0.15) is 0 Å². The highest BCUT2D eigenvalue weighted by Gasteiger charge is 2.14. The first-order chi connectivity index (χ1) is 13.0. The van der Waals surface area contributed by atoms with Gasteiger partial charge in [0, 0.05) is 42.6 Å². The second-order valence-corrected chi connectivity index (χ2v) is 7.16. The smallest absolute Gasteiger partial charge is 0.270 e. The molecule has 9 heteroatoms. The van der Waals surface area contributed by atoms with Crippen LogP contribution in [0.15, 0.2) is 46.1 Å². The highest BCUT2D eigenvalue weighted by molar-refractivity contribution is 7.97. The molecule has 3 aromatic rings. The maximum Gasteiger partial charge on any atom is 0.270 e. The molecule has 0 atom stereocenters. The van der Waals surface area contributed by atoms with E-state index in [0.717, 1.165) is 10.4 Å². The molecular formula is C18H19N3O5S. The van der Waals surface area contributed by atoms with E-state index in [4.69, 9.17) is 10.2 Å². The number of hydrogen-bond donors (Lipinski definition) is 2. The van der Waals surface area contributed by atoms with Crippen LogP contribution in [0.5, 0.6) is 0 Å².